The van der Waals surface area contributed by atoms with Crippen LogP contribution in [-0.4, -0.2) is 24.2 Å². The molecule has 2 nitrogen and oxygen atoms in total. The van der Waals surface area contributed by atoms with Gasteiger partial charge in [0.25, 0.3) is 0 Å². The van der Waals surface area contributed by atoms with Gasteiger partial charge in [0.2, 0.25) is 0 Å². The van der Waals surface area contributed by atoms with Crippen LogP contribution in [0.5, 0.6) is 0 Å². The molecule has 3 atom stereocenters. The number of hydrogen-bond acceptors (Lipinski definition) is 2. The highest BCUT2D eigenvalue weighted by molar-refractivity contribution is 7.73. The minimum absolute atomic E-state index is 0.162. The molecular weight excluding hydrogens is 361 g/mol. The van der Waals surface area contributed by atoms with Crippen molar-refractivity contribution in [2.45, 2.75) is 58.2 Å². The lowest BCUT2D eigenvalue weighted by molar-refractivity contribution is 0.225. The Bertz CT molecular complexity index is 757. The highest BCUT2D eigenvalue weighted by Gasteiger charge is 2.40. The Balaban J connectivity index is 1.70. The van der Waals surface area contributed by atoms with Crippen LogP contribution in [0.25, 0.3) is 0 Å². The van der Waals surface area contributed by atoms with Crippen LogP contribution in [0.4, 0.5) is 0 Å². The van der Waals surface area contributed by atoms with Crippen LogP contribution >= 0.6 is 7.92 Å². The first kappa shape index (κ1) is 19.6. The predicted octanol–water partition coefficient (Wildman–Crippen LogP) is 5.52. The number of benzene rings is 2. The molecule has 2 aromatic rings. The van der Waals surface area contributed by atoms with Crippen LogP contribution in [0.15, 0.2) is 65.7 Å². The fourth-order valence-electron chi connectivity index (χ4n) is 4.46. The molecule has 0 saturated heterocycles. The summed E-state index contributed by atoms with van der Waals surface area (Å²) < 4.78 is 6.24. The zero-order chi connectivity index (χ0) is 19.6. The molecule has 28 heavy (non-hydrogen) atoms. The van der Waals surface area contributed by atoms with Gasteiger partial charge < -0.3 is 4.74 Å². The van der Waals surface area contributed by atoms with Crippen LogP contribution in [0.2, 0.25) is 0 Å². The van der Waals surface area contributed by atoms with Crippen molar-refractivity contribution >= 4 is 24.4 Å². The summed E-state index contributed by atoms with van der Waals surface area (Å²) in [7, 11) is -0.428. The molecule has 0 radical (unpaired) electrons. The second kappa shape index (κ2) is 8.37. The van der Waals surface area contributed by atoms with E-state index in [1.165, 1.54) is 36.3 Å². The van der Waals surface area contributed by atoms with Crippen molar-refractivity contribution < 1.29 is 4.74 Å². The first-order chi connectivity index (χ1) is 13.5. The van der Waals surface area contributed by atoms with Crippen molar-refractivity contribution in [2.24, 2.45) is 16.3 Å². The van der Waals surface area contributed by atoms with E-state index in [9.17, 15) is 0 Å². The Morgan fingerprint density at radius 2 is 1.43 bits per heavy atom. The summed E-state index contributed by atoms with van der Waals surface area (Å²) in [5.74, 6) is 1.50. The lowest BCUT2D eigenvalue weighted by Gasteiger charge is -2.37. The zero-order valence-electron chi connectivity index (χ0n) is 17.3. The fourth-order valence-corrected chi connectivity index (χ4v) is 7.58. The SMILES string of the molecule is CC(C)(C)[C@H]1COC([C@@H]2CCCC[C@@H]2P(c2ccccc2)c2ccccc2)=N1. The summed E-state index contributed by atoms with van der Waals surface area (Å²) in [6, 6.07) is 22.5. The van der Waals surface area contributed by atoms with Gasteiger partial charge in [0.15, 0.2) is 5.90 Å². The summed E-state index contributed by atoms with van der Waals surface area (Å²) in [6.45, 7) is 7.56. The van der Waals surface area contributed by atoms with Gasteiger partial charge in [-0.25, -0.2) is 4.99 Å². The Labute approximate surface area is 171 Å². The van der Waals surface area contributed by atoms with E-state index < -0.39 is 7.92 Å². The third-order valence-electron chi connectivity index (χ3n) is 6.12. The maximum Gasteiger partial charge on any atom is 0.187 e. The molecule has 0 amide bonds. The zero-order valence-corrected chi connectivity index (χ0v) is 18.2. The van der Waals surface area contributed by atoms with Crippen LogP contribution < -0.4 is 10.6 Å². The van der Waals surface area contributed by atoms with E-state index in [4.69, 9.17) is 9.73 Å². The number of ether oxygens (including phenoxy) is 1. The summed E-state index contributed by atoms with van der Waals surface area (Å²) in [4.78, 5) is 5.11. The summed E-state index contributed by atoms with van der Waals surface area (Å²) >= 11 is 0. The van der Waals surface area contributed by atoms with Gasteiger partial charge >= 0.3 is 0 Å². The minimum Gasteiger partial charge on any atom is -0.478 e. The smallest absolute Gasteiger partial charge is 0.187 e. The summed E-state index contributed by atoms with van der Waals surface area (Å²) in [6.07, 6.45) is 5.08. The van der Waals surface area contributed by atoms with Crippen LogP contribution in [0, 0.1) is 11.3 Å². The van der Waals surface area contributed by atoms with Gasteiger partial charge in [-0.1, -0.05) is 94.3 Å². The first-order valence-electron chi connectivity index (χ1n) is 10.6. The van der Waals surface area contributed by atoms with Crippen molar-refractivity contribution in [3.05, 3.63) is 60.7 Å². The van der Waals surface area contributed by atoms with Crippen molar-refractivity contribution in [3.8, 4) is 0 Å². The Hall–Kier alpha value is -1.66. The van der Waals surface area contributed by atoms with Crippen LogP contribution in [-0.2, 0) is 4.74 Å². The molecule has 1 aliphatic heterocycles. The highest BCUT2D eigenvalue weighted by atomic mass is 31.1. The normalized spacial score (nSPS) is 25.4. The molecule has 2 aliphatic rings. The fraction of sp³-hybridized carbons (Fsp3) is 0.480. The molecule has 0 spiro atoms. The topological polar surface area (TPSA) is 21.6 Å². The largest absolute Gasteiger partial charge is 0.478 e. The quantitative estimate of drug-likeness (QED) is 0.627. The van der Waals surface area contributed by atoms with Gasteiger partial charge in [0.05, 0.1) is 6.04 Å². The highest BCUT2D eigenvalue weighted by Crippen LogP contribution is 2.50. The first-order valence-corrected chi connectivity index (χ1v) is 12.0. The maximum absolute atomic E-state index is 6.24. The van der Waals surface area contributed by atoms with Gasteiger partial charge in [-0.2, -0.15) is 0 Å². The molecule has 1 aliphatic carbocycles. The van der Waals surface area contributed by atoms with E-state index in [1.54, 1.807) is 0 Å². The molecule has 0 N–H and O–H groups in total. The molecule has 1 heterocycles. The molecule has 1 fully saturated rings. The molecule has 0 bridgehead atoms. The van der Waals surface area contributed by atoms with Crippen LogP contribution in [0.3, 0.4) is 0 Å². The standard InChI is InChI=1S/C25H32NOP/c1-25(2,3)23-18-27-24(26-23)21-16-10-11-17-22(21)28(19-12-6-4-7-13-19)20-14-8-5-9-15-20/h4-9,12-15,21-23H,10-11,16-18H2,1-3H3/t21-,22+,23-/m1/s1. The Morgan fingerprint density at radius 1 is 0.857 bits per heavy atom. The molecule has 148 valence electrons. The molecule has 1 saturated carbocycles. The van der Waals surface area contributed by atoms with Gasteiger partial charge in [0, 0.05) is 5.92 Å². The van der Waals surface area contributed by atoms with Crippen molar-refractivity contribution in [1.82, 2.24) is 0 Å². The van der Waals surface area contributed by atoms with Crippen molar-refractivity contribution in [2.75, 3.05) is 6.61 Å². The van der Waals surface area contributed by atoms with Crippen molar-refractivity contribution in [1.29, 1.82) is 0 Å². The third-order valence-corrected chi connectivity index (χ3v) is 9.11. The molecule has 3 heteroatoms. The van der Waals surface area contributed by atoms with E-state index in [-0.39, 0.29) is 11.5 Å². The average molecular weight is 394 g/mol. The van der Waals surface area contributed by atoms with E-state index in [2.05, 4.69) is 81.4 Å². The molecule has 2 aromatic carbocycles. The third kappa shape index (κ3) is 4.18. The minimum atomic E-state index is -0.428. The maximum atomic E-state index is 6.24. The second-order valence-corrected chi connectivity index (χ2v) is 11.6. The van der Waals surface area contributed by atoms with Gasteiger partial charge in [0.1, 0.15) is 6.61 Å². The van der Waals surface area contributed by atoms with E-state index in [0.717, 1.165) is 12.5 Å². The number of aliphatic imine (C=N–C) groups is 1. The number of rotatable bonds is 4. The lowest BCUT2D eigenvalue weighted by atomic mass is 9.87. The van der Waals surface area contributed by atoms with Gasteiger partial charge in [-0.3, -0.25) is 0 Å². The van der Waals surface area contributed by atoms with Crippen molar-refractivity contribution in [3.63, 3.8) is 0 Å². The monoisotopic (exact) mass is 393 g/mol. The predicted molar refractivity (Wildman–Crippen MR) is 121 cm³/mol. The molecule has 0 aromatic heterocycles. The van der Waals surface area contributed by atoms with Gasteiger partial charge in [-0.05, 0) is 42.4 Å². The summed E-state index contributed by atoms with van der Waals surface area (Å²) in [5.41, 5.74) is 0.765. The van der Waals surface area contributed by atoms with Gasteiger partial charge in [-0.15, -0.1) is 0 Å². The average Bonchev–Trinajstić information content (AvgIpc) is 3.21. The van der Waals surface area contributed by atoms with E-state index >= 15 is 0 Å². The second-order valence-electron chi connectivity index (χ2n) is 9.16. The number of hydrogen-bond donors (Lipinski definition) is 0. The lowest BCUT2D eigenvalue weighted by Crippen LogP contribution is -2.35. The van der Waals surface area contributed by atoms with E-state index in [1.807, 2.05) is 0 Å². The van der Waals surface area contributed by atoms with Crippen LogP contribution in [0.1, 0.15) is 46.5 Å². The number of nitrogens with zero attached hydrogens (tertiary/aromatic N) is 1. The van der Waals surface area contributed by atoms with E-state index in [0.29, 0.717) is 11.6 Å². The molecule has 4 rings (SSSR count). The summed E-state index contributed by atoms with van der Waals surface area (Å²) in [5, 5.41) is 2.96. The Morgan fingerprint density at radius 3 is 1.96 bits per heavy atom. The Kier molecular flexibility index (Phi) is 5.88. The molecule has 0 unspecified atom stereocenters. The molecular formula is C25H32NOP.